The second kappa shape index (κ2) is 4.79. The molecule has 0 aliphatic rings. The van der Waals surface area contributed by atoms with E-state index < -0.39 is 0 Å². The summed E-state index contributed by atoms with van der Waals surface area (Å²) in [7, 11) is 0. The van der Waals surface area contributed by atoms with Crippen LogP contribution in [0.2, 0.25) is 0 Å². The molecule has 0 bridgehead atoms. The van der Waals surface area contributed by atoms with Crippen molar-refractivity contribution in [3.8, 4) is 0 Å². The van der Waals surface area contributed by atoms with Crippen molar-refractivity contribution in [2.24, 2.45) is 0 Å². The average Bonchev–Trinajstić information content (AvgIpc) is 2.70. The summed E-state index contributed by atoms with van der Waals surface area (Å²) in [6.07, 6.45) is 7.39. The molecule has 2 rings (SSSR count). The molecule has 4 heteroatoms. The molecule has 0 radical (unpaired) electrons. The first-order valence-corrected chi connectivity index (χ1v) is 5.50. The predicted molar refractivity (Wildman–Crippen MR) is 64.0 cm³/mol. The van der Waals surface area contributed by atoms with E-state index in [9.17, 15) is 0 Å². The van der Waals surface area contributed by atoms with Crippen molar-refractivity contribution in [3.05, 3.63) is 42.1 Å². The number of nitrogens with two attached hydrogens (primary N) is 1. The molecule has 0 aliphatic carbocycles. The zero-order chi connectivity index (χ0) is 11.4. The minimum atomic E-state index is 0.591. The smallest absolute Gasteiger partial charge is 0.126 e. The molecule has 2 aromatic heterocycles. The Hall–Kier alpha value is -1.84. The monoisotopic (exact) mass is 216 g/mol. The lowest BCUT2D eigenvalue weighted by atomic mass is 10.2. The van der Waals surface area contributed by atoms with E-state index in [1.807, 2.05) is 24.5 Å². The fourth-order valence-electron chi connectivity index (χ4n) is 1.72. The molecule has 0 aromatic carbocycles. The van der Waals surface area contributed by atoms with Gasteiger partial charge in [-0.15, -0.1) is 0 Å². The molecule has 2 heterocycles. The van der Waals surface area contributed by atoms with Crippen LogP contribution in [0.25, 0.3) is 0 Å². The number of aromatic nitrogens is 3. The second-order valence-corrected chi connectivity index (χ2v) is 3.76. The van der Waals surface area contributed by atoms with Crippen molar-refractivity contribution >= 4 is 5.82 Å². The van der Waals surface area contributed by atoms with Crippen LogP contribution < -0.4 is 5.73 Å². The van der Waals surface area contributed by atoms with E-state index in [1.54, 1.807) is 6.20 Å². The average molecular weight is 216 g/mol. The Morgan fingerprint density at radius 2 is 2.19 bits per heavy atom. The van der Waals surface area contributed by atoms with E-state index in [1.165, 1.54) is 0 Å². The van der Waals surface area contributed by atoms with Crippen molar-refractivity contribution in [1.29, 1.82) is 0 Å². The Labute approximate surface area is 95.1 Å². The predicted octanol–water partition coefficient (Wildman–Crippen LogP) is 1.86. The lowest BCUT2D eigenvalue weighted by Gasteiger charge is -2.07. The van der Waals surface area contributed by atoms with Crippen molar-refractivity contribution in [2.45, 2.75) is 26.3 Å². The Morgan fingerprint density at radius 3 is 2.94 bits per heavy atom. The van der Waals surface area contributed by atoms with Gasteiger partial charge in [-0.2, -0.15) is 0 Å². The largest absolute Gasteiger partial charge is 0.383 e. The first-order valence-electron chi connectivity index (χ1n) is 5.50. The standard InChI is InChI=1S/C12H16N4/c1-2-7-16-8-6-14-11(16)9-10-4-3-5-15-12(10)13/h3-6,8H,2,7,9H2,1H3,(H2,13,15). The molecule has 0 aliphatic heterocycles. The molecule has 0 saturated heterocycles. The number of pyridine rings is 1. The normalized spacial score (nSPS) is 10.6. The number of nitrogens with zero attached hydrogens (tertiary/aromatic N) is 3. The van der Waals surface area contributed by atoms with Crippen molar-refractivity contribution in [1.82, 2.24) is 14.5 Å². The second-order valence-electron chi connectivity index (χ2n) is 3.76. The minimum Gasteiger partial charge on any atom is -0.383 e. The Bertz CT molecular complexity index is 462. The van der Waals surface area contributed by atoms with Gasteiger partial charge >= 0.3 is 0 Å². The van der Waals surface area contributed by atoms with Gasteiger partial charge in [-0.1, -0.05) is 13.0 Å². The van der Waals surface area contributed by atoms with Crippen LogP contribution in [0.3, 0.4) is 0 Å². The van der Waals surface area contributed by atoms with Gasteiger partial charge in [0.2, 0.25) is 0 Å². The van der Waals surface area contributed by atoms with E-state index in [4.69, 9.17) is 5.73 Å². The summed E-state index contributed by atoms with van der Waals surface area (Å²) >= 11 is 0. The van der Waals surface area contributed by atoms with Gasteiger partial charge in [-0.25, -0.2) is 9.97 Å². The molecular weight excluding hydrogens is 200 g/mol. The van der Waals surface area contributed by atoms with Gasteiger partial charge in [0.1, 0.15) is 11.6 Å². The number of anilines is 1. The number of nitrogen functional groups attached to an aromatic ring is 1. The van der Waals surface area contributed by atoms with Crippen LogP contribution in [0.4, 0.5) is 5.82 Å². The van der Waals surface area contributed by atoms with Gasteiger partial charge in [0.15, 0.2) is 0 Å². The van der Waals surface area contributed by atoms with Crippen LogP contribution in [0, 0.1) is 0 Å². The van der Waals surface area contributed by atoms with Gasteiger partial charge in [0.25, 0.3) is 0 Å². The fraction of sp³-hybridized carbons (Fsp3) is 0.333. The first kappa shape index (κ1) is 10.7. The summed E-state index contributed by atoms with van der Waals surface area (Å²) in [5.41, 5.74) is 6.85. The van der Waals surface area contributed by atoms with E-state index >= 15 is 0 Å². The van der Waals surface area contributed by atoms with E-state index in [2.05, 4.69) is 21.5 Å². The molecule has 0 atom stereocenters. The highest BCUT2D eigenvalue weighted by Gasteiger charge is 2.06. The molecular formula is C12H16N4. The van der Waals surface area contributed by atoms with Crippen LogP contribution >= 0.6 is 0 Å². The van der Waals surface area contributed by atoms with Crippen molar-refractivity contribution in [3.63, 3.8) is 0 Å². The summed E-state index contributed by atoms with van der Waals surface area (Å²) in [5, 5.41) is 0. The van der Waals surface area contributed by atoms with E-state index in [-0.39, 0.29) is 0 Å². The first-order chi connectivity index (χ1) is 7.81. The maximum atomic E-state index is 5.81. The van der Waals surface area contributed by atoms with Crippen LogP contribution in [0.5, 0.6) is 0 Å². The van der Waals surface area contributed by atoms with Gasteiger partial charge in [-0.3, -0.25) is 0 Å². The van der Waals surface area contributed by atoms with Crippen LogP contribution in [-0.2, 0) is 13.0 Å². The number of hydrogen-bond donors (Lipinski definition) is 1. The maximum Gasteiger partial charge on any atom is 0.126 e. The van der Waals surface area contributed by atoms with Crippen molar-refractivity contribution in [2.75, 3.05) is 5.73 Å². The third kappa shape index (κ3) is 2.21. The Balaban J connectivity index is 2.20. The minimum absolute atomic E-state index is 0.591. The molecule has 4 nitrogen and oxygen atoms in total. The van der Waals surface area contributed by atoms with Crippen LogP contribution in [0.15, 0.2) is 30.7 Å². The van der Waals surface area contributed by atoms with Crippen LogP contribution in [-0.4, -0.2) is 14.5 Å². The van der Waals surface area contributed by atoms with Gasteiger partial charge in [0, 0.05) is 37.1 Å². The summed E-state index contributed by atoms with van der Waals surface area (Å²) in [6.45, 7) is 3.15. The summed E-state index contributed by atoms with van der Waals surface area (Å²) < 4.78 is 2.16. The molecule has 2 N–H and O–H groups in total. The molecule has 0 unspecified atom stereocenters. The maximum absolute atomic E-state index is 5.81. The number of aryl methyl sites for hydroxylation is 1. The summed E-state index contributed by atoms with van der Waals surface area (Å²) in [5.74, 6) is 1.63. The number of imidazole rings is 1. The molecule has 0 fully saturated rings. The topological polar surface area (TPSA) is 56.7 Å². The Morgan fingerprint density at radius 1 is 1.31 bits per heavy atom. The lowest BCUT2D eigenvalue weighted by Crippen LogP contribution is -2.05. The number of hydrogen-bond acceptors (Lipinski definition) is 3. The number of rotatable bonds is 4. The quantitative estimate of drug-likeness (QED) is 0.848. The molecule has 0 spiro atoms. The summed E-state index contributed by atoms with van der Waals surface area (Å²) in [4.78, 5) is 8.43. The highest BCUT2D eigenvalue weighted by atomic mass is 15.1. The van der Waals surface area contributed by atoms with E-state index in [0.29, 0.717) is 5.82 Å². The highest BCUT2D eigenvalue weighted by molar-refractivity contribution is 5.40. The fourth-order valence-corrected chi connectivity index (χ4v) is 1.72. The van der Waals surface area contributed by atoms with Crippen molar-refractivity contribution < 1.29 is 0 Å². The SMILES string of the molecule is CCCn1ccnc1Cc1cccnc1N. The van der Waals surface area contributed by atoms with Gasteiger partial charge in [-0.05, 0) is 12.5 Å². The third-order valence-electron chi connectivity index (χ3n) is 2.54. The molecule has 16 heavy (non-hydrogen) atoms. The highest BCUT2D eigenvalue weighted by Crippen LogP contribution is 2.12. The molecule has 2 aromatic rings. The van der Waals surface area contributed by atoms with E-state index in [0.717, 1.165) is 30.8 Å². The molecule has 84 valence electrons. The third-order valence-corrected chi connectivity index (χ3v) is 2.54. The van der Waals surface area contributed by atoms with Gasteiger partial charge in [0.05, 0.1) is 0 Å². The van der Waals surface area contributed by atoms with Crippen LogP contribution in [0.1, 0.15) is 24.7 Å². The zero-order valence-electron chi connectivity index (χ0n) is 9.43. The zero-order valence-corrected chi connectivity index (χ0v) is 9.43. The Kier molecular flexibility index (Phi) is 3.19. The lowest BCUT2D eigenvalue weighted by molar-refractivity contribution is 0.647. The summed E-state index contributed by atoms with van der Waals surface area (Å²) in [6, 6.07) is 3.89. The molecule has 0 amide bonds. The van der Waals surface area contributed by atoms with Gasteiger partial charge < -0.3 is 10.3 Å². The molecule has 0 saturated carbocycles.